The van der Waals surface area contributed by atoms with E-state index in [1.807, 2.05) is 33.0 Å². The van der Waals surface area contributed by atoms with E-state index in [4.69, 9.17) is 9.47 Å². The Bertz CT molecular complexity index is 463. The average molecular weight is 222 g/mol. The SMILES string of the molecule is CC.COc1cc2c(C)cnn2cc1OC. The Balaban J connectivity index is 0.000000606. The van der Waals surface area contributed by atoms with Gasteiger partial charge in [0.15, 0.2) is 11.5 Å². The van der Waals surface area contributed by atoms with Crippen molar-refractivity contribution in [2.24, 2.45) is 0 Å². The van der Waals surface area contributed by atoms with E-state index in [9.17, 15) is 0 Å². The molecular formula is C12H18N2O2. The number of aryl methyl sites for hydroxylation is 1. The van der Waals surface area contributed by atoms with Crippen molar-refractivity contribution in [2.75, 3.05) is 14.2 Å². The minimum Gasteiger partial charge on any atom is -0.493 e. The summed E-state index contributed by atoms with van der Waals surface area (Å²) in [6.45, 7) is 6.01. The smallest absolute Gasteiger partial charge is 0.179 e. The molecule has 2 aromatic heterocycles. The summed E-state index contributed by atoms with van der Waals surface area (Å²) < 4.78 is 12.1. The van der Waals surface area contributed by atoms with Crippen LogP contribution in [0.25, 0.3) is 5.52 Å². The lowest BCUT2D eigenvalue weighted by Crippen LogP contribution is -1.94. The lowest BCUT2D eigenvalue weighted by Gasteiger charge is -2.07. The highest BCUT2D eigenvalue weighted by Crippen LogP contribution is 2.28. The third-order valence-corrected chi connectivity index (χ3v) is 2.22. The topological polar surface area (TPSA) is 35.8 Å². The number of nitrogens with zero attached hydrogens (tertiary/aromatic N) is 2. The first-order valence-electron chi connectivity index (χ1n) is 5.32. The van der Waals surface area contributed by atoms with Gasteiger partial charge in [-0.15, -0.1) is 0 Å². The highest BCUT2D eigenvalue weighted by atomic mass is 16.5. The van der Waals surface area contributed by atoms with Crippen LogP contribution in [0, 0.1) is 6.92 Å². The summed E-state index contributed by atoms with van der Waals surface area (Å²) in [4.78, 5) is 0. The molecule has 0 aliphatic rings. The number of hydrogen-bond donors (Lipinski definition) is 0. The zero-order valence-corrected chi connectivity index (χ0v) is 10.4. The molecule has 88 valence electrons. The van der Waals surface area contributed by atoms with Crippen LogP contribution in [0.4, 0.5) is 0 Å². The normalized spacial score (nSPS) is 9.56. The molecule has 0 radical (unpaired) electrons. The van der Waals surface area contributed by atoms with E-state index in [0.717, 1.165) is 16.8 Å². The maximum absolute atomic E-state index is 5.20. The summed E-state index contributed by atoms with van der Waals surface area (Å²) in [6, 6.07) is 1.92. The molecule has 0 aliphatic carbocycles. The van der Waals surface area contributed by atoms with Crippen molar-refractivity contribution < 1.29 is 9.47 Å². The Kier molecular flexibility index (Phi) is 4.17. The van der Waals surface area contributed by atoms with Gasteiger partial charge in [0.2, 0.25) is 0 Å². The first-order valence-corrected chi connectivity index (χ1v) is 5.32. The highest BCUT2D eigenvalue weighted by molar-refractivity contribution is 5.59. The molecule has 0 spiro atoms. The maximum Gasteiger partial charge on any atom is 0.179 e. The monoisotopic (exact) mass is 222 g/mol. The van der Waals surface area contributed by atoms with Gasteiger partial charge in [-0.3, -0.25) is 0 Å². The predicted octanol–water partition coefficient (Wildman–Crippen LogP) is 2.69. The van der Waals surface area contributed by atoms with Gasteiger partial charge in [-0.25, -0.2) is 4.52 Å². The maximum atomic E-state index is 5.20. The molecule has 0 unspecified atom stereocenters. The van der Waals surface area contributed by atoms with Crippen LogP contribution in [0.1, 0.15) is 19.4 Å². The number of methoxy groups -OCH3 is 2. The molecule has 2 rings (SSSR count). The third-order valence-electron chi connectivity index (χ3n) is 2.22. The summed E-state index contributed by atoms with van der Waals surface area (Å²) >= 11 is 0. The number of fused-ring (bicyclic) bond motifs is 1. The largest absolute Gasteiger partial charge is 0.493 e. The van der Waals surface area contributed by atoms with Gasteiger partial charge in [-0.05, 0) is 12.5 Å². The van der Waals surface area contributed by atoms with Gasteiger partial charge < -0.3 is 9.47 Å². The quantitative estimate of drug-likeness (QED) is 0.783. The Hall–Kier alpha value is -1.71. The Morgan fingerprint density at radius 1 is 1.12 bits per heavy atom. The number of ether oxygens (including phenoxy) is 2. The van der Waals surface area contributed by atoms with E-state index in [1.54, 1.807) is 24.9 Å². The molecule has 4 heteroatoms. The molecule has 2 heterocycles. The van der Waals surface area contributed by atoms with Crippen LogP contribution >= 0.6 is 0 Å². The second-order valence-electron chi connectivity index (χ2n) is 3.07. The van der Waals surface area contributed by atoms with Gasteiger partial charge in [0, 0.05) is 6.07 Å². The summed E-state index contributed by atoms with van der Waals surface area (Å²) in [5.74, 6) is 1.41. The van der Waals surface area contributed by atoms with Crippen molar-refractivity contribution >= 4 is 5.52 Å². The summed E-state index contributed by atoms with van der Waals surface area (Å²) in [5, 5.41) is 4.18. The summed E-state index contributed by atoms with van der Waals surface area (Å²) in [6.07, 6.45) is 3.62. The Labute approximate surface area is 95.8 Å². The van der Waals surface area contributed by atoms with Gasteiger partial charge in [0.05, 0.1) is 32.1 Å². The Morgan fingerprint density at radius 2 is 1.75 bits per heavy atom. The van der Waals surface area contributed by atoms with E-state index in [2.05, 4.69) is 5.10 Å². The van der Waals surface area contributed by atoms with E-state index < -0.39 is 0 Å². The van der Waals surface area contributed by atoms with Crippen molar-refractivity contribution in [1.29, 1.82) is 0 Å². The van der Waals surface area contributed by atoms with Crippen LogP contribution in [0.3, 0.4) is 0 Å². The van der Waals surface area contributed by atoms with Gasteiger partial charge in [0.1, 0.15) is 0 Å². The van der Waals surface area contributed by atoms with E-state index in [1.165, 1.54) is 0 Å². The fourth-order valence-electron chi connectivity index (χ4n) is 1.42. The molecule has 0 fully saturated rings. The van der Waals surface area contributed by atoms with E-state index in [-0.39, 0.29) is 0 Å². The lowest BCUT2D eigenvalue weighted by molar-refractivity contribution is 0.353. The van der Waals surface area contributed by atoms with Crippen molar-refractivity contribution in [3.05, 3.63) is 24.0 Å². The molecule has 0 aromatic carbocycles. The second-order valence-corrected chi connectivity index (χ2v) is 3.07. The van der Waals surface area contributed by atoms with Crippen molar-refractivity contribution in [3.63, 3.8) is 0 Å². The standard InChI is InChI=1S/C10H12N2O2.C2H6/c1-7-5-11-12-6-10(14-3)9(13-2)4-8(7)12;1-2/h4-6H,1-3H3;1-2H3. The van der Waals surface area contributed by atoms with Crippen LogP contribution in [0.5, 0.6) is 11.5 Å². The highest BCUT2D eigenvalue weighted by Gasteiger charge is 2.07. The van der Waals surface area contributed by atoms with E-state index >= 15 is 0 Å². The summed E-state index contributed by atoms with van der Waals surface area (Å²) in [7, 11) is 3.24. The minimum absolute atomic E-state index is 0.683. The van der Waals surface area contributed by atoms with Crippen molar-refractivity contribution in [1.82, 2.24) is 9.61 Å². The molecule has 0 N–H and O–H groups in total. The molecule has 0 saturated carbocycles. The molecule has 0 saturated heterocycles. The van der Waals surface area contributed by atoms with Crippen LogP contribution in [-0.2, 0) is 0 Å². The van der Waals surface area contributed by atoms with Crippen LogP contribution in [0.2, 0.25) is 0 Å². The zero-order valence-electron chi connectivity index (χ0n) is 10.4. The first kappa shape index (κ1) is 12.4. The fraction of sp³-hybridized carbons (Fsp3) is 0.417. The number of aromatic nitrogens is 2. The van der Waals surface area contributed by atoms with E-state index in [0.29, 0.717) is 5.75 Å². The van der Waals surface area contributed by atoms with Gasteiger partial charge in [0.25, 0.3) is 0 Å². The average Bonchev–Trinajstić information content (AvgIpc) is 2.71. The number of rotatable bonds is 2. The van der Waals surface area contributed by atoms with Crippen molar-refractivity contribution in [3.8, 4) is 11.5 Å². The molecule has 0 atom stereocenters. The van der Waals surface area contributed by atoms with Gasteiger partial charge >= 0.3 is 0 Å². The molecule has 0 bridgehead atoms. The van der Waals surface area contributed by atoms with Crippen molar-refractivity contribution in [2.45, 2.75) is 20.8 Å². The lowest BCUT2D eigenvalue weighted by atomic mass is 10.3. The number of pyridine rings is 1. The van der Waals surface area contributed by atoms with Gasteiger partial charge in [-0.2, -0.15) is 5.10 Å². The molecule has 2 aromatic rings. The predicted molar refractivity (Wildman–Crippen MR) is 64.4 cm³/mol. The molecule has 4 nitrogen and oxygen atoms in total. The fourth-order valence-corrected chi connectivity index (χ4v) is 1.42. The van der Waals surface area contributed by atoms with Crippen LogP contribution in [0.15, 0.2) is 18.5 Å². The minimum atomic E-state index is 0.683. The van der Waals surface area contributed by atoms with Crippen LogP contribution in [-0.4, -0.2) is 23.8 Å². The summed E-state index contributed by atoms with van der Waals surface area (Å²) in [5.41, 5.74) is 2.15. The first-order chi connectivity index (χ1) is 7.76. The Morgan fingerprint density at radius 3 is 2.31 bits per heavy atom. The second kappa shape index (κ2) is 5.39. The number of hydrogen-bond acceptors (Lipinski definition) is 3. The molecule has 0 amide bonds. The van der Waals surface area contributed by atoms with Gasteiger partial charge in [-0.1, -0.05) is 13.8 Å². The molecular weight excluding hydrogens is 204 g/mol. The third kappa shape index (κ3) is 2.10. The molecule has 0 aliphatic heterocycles. The molecule has 16 heavy (non-hydrogen) atoms. The van der Waals surface area contributed by atoms with Crippen LogP contribution < -0.4 is 9.47 Å². The zero-order chi connectivity index (χ0) is 12.1.